The Hall–Kier alpha value is -3.22. The van der Waals surface area contributed by atoms with Crippen molar-refractivity contribution in [1.29, 1.82) is 0 Å². The third-order valence-corrected chi connectivity index (χ3v) is 7.78. The number of halogens is 2. The molecule has 212 valence electrons. The van der Waals surface area contributed by atoms with Crippen LogP contribution in [0.2, 0.25) is 10.0 Å². The van der Waals surface area contributed by atoms with Crippen LogP contribution in [0.15, 0.2) is 72.8 Å². The van der Waals surface area contributed by atoms with Gasteiger partial charge in [-0.2, -0.15) is 0 Å². The summed E-state index contributed by atoms with van der Waals surface area (Å²) in [6.45, 7) is 0.564. The summed E-state index contributed by atoms with van der Waals surface area (Å²) in [5.41, 5.74) is 1.72. The number of methoxy groups -OCH3 is 1. The quantitative estimate of drug-likeness (QED) is 0.223. The zero-order chi connectivity index (χ0) is 28.3. The first-order valence-corrected chi connectivity index (χ1v) is 14.5. The lowest BCUT2D eigenvalue weighted by Crippen LogP contribution is -2.52. The fraction of sp³-hybridized carbons (Fsp3) is 0.375. The number of nitrogens with zero attached hydrogens (tertiary/aromatic N) is 1. The fourth-order valence-corrected chi connectivity index (χ4v) is 5.45. The number of hydrogen-bond donors (Lipinski definition) is 1. The van der Waals surface area contributed by atoms with Gasteiger partial charge in [-0.1, -0.05) is 72.4 Å². The molecular weight excluding hydrogens is 547 g/mol. The van der Waals surface area contributed by atoms with Gasteiger partial charge in [-0.25, -0.2) is 0 Å². The molecule has 3 aromatic carbocycles. The second-order valence-electron chi connectivity index (χ2n) is 10.1. The molecule has 0 aliphatic heterocycles. The molecule has 0 aromatic heterocycles. The van der Waals surface area contributed by atoms with E-state index >= 15 is 0 Å². The van der Waals surface area contributed by atoms with E-state index in [1.165, 1.54) is 0 Å². The summed E-state index contributed by atoms with van der Waals surface area (Å²) in [5, 5.41) is 4.20. The van der Waals surface area contributed by atoms with Gasteiger partial charge < -0.3 is 19.7 Å². The third-order valence-electron chi connectivity index (χ3n) is 7.19. The van der Waals surface area contributed by atoms with Crippen LogP contribution >= 0.6 is 23.2 Å². The molecule has 1 atom stereocenters. The second-order valence-corrected chi connectivity index (χ2v) is 10.9. The number of amides is 2. The van der Waals surface area contributed by atoms with Crippen LogP contribution < -0.4 is 14.8 Å². The predicted octanol–water partition coefficient (Wildman–Crippen LogP) is 6.86. The van der Waals surface area contributed by atoms with Crippen molar-refractivity contribution in [3.05, 3.63) is 94.0 Å². The van der Waals surface area contributed by atoms with Crippen LogP contribution in [-0.2, 0) is 22.6 Å². The van der Waals surface area contributed by atoms with E-state index in [0.29, 0.717) is 35.2 Å². The Balaban J connectivity index is 1.52. The topological polar surface area (TPSA) is 67.9 Å². The number of benzene rings is 3. The van der Waals surface area contributed by atoms with Gasteiger partial charge in [0, 0.05) is 35.5 Å². The van der Waals surface area contributed by atoms with Crippen molar-refractivity contribution >= 4 is 35.0 Å². The van der Waals surface area contributed by atoms with E-state index in [-0.39, 0.29) is 30.8 Å². The number of carbonyl (C=O) groups is 2. The summed E-state index contributed by atoms with van der Waals surface area (Å²) in [4.78, 5) is 29.2. The maximum absolute atomic E-state index is 13.8. The van der Waals surface area contributed by atoms with Gasteiger partial charge in [-0.15, -0.1) is 0 Å². The van der Waals surface area contributed by atoms with Gasteiger partial charge in [0.2, 0.25) is 11.8 Å². The highest BCUT2D eigenvalue weighted by Gasteiger charge is 2.32. The van der Waals surface area contributed by atoms with Crippen LogP contribution in [0.1, 0.15) is 49.7 Å². The molecule has 3 aromatic rings. The Morgan fingerprint density at radius 2 is 1.68 bits per heavy atom. The van der Waals surface area contributed by atoms with Crippen molar-refractivity contribution in [2.45, 2.75) is 63.6 Å². The summed E-state index contributed by atoms with van der Waals surface area (Å²) < 4.78 is 11.0. The molecule has 1 fully saturated rings. The molecule has 8 heteroatoms. The average molecular weight is 584 g/mol. The maximum atomic E-state index is 13.8. The number of rotatable bonds is 13. The molecule has 0 radical (unpaired) electrons. The van der Waals surface area contributed by atoms with E-state index in [4.69, 9.17) is 32.7 Å². The lowest BCUT2D eigenvalue weighted by Gasteiger charge is -2.32. The van der Waals surface area contributed by atoms with E-state index in [2.05, 4.69) is 5.32 Å². The maximum Gasteiger partial charge on any atom is 0.243 e. The molecule has 4 rings (SSSR count). The first kappa shape index (κ1) is 29.8. The molecule has 0 saturated heterocycles. The molecule has 40 heavy (non-hydrogen) atoms. The highest BCUT2D eigenvalue weighted by molar-refractivity contribution is 6.35. The summed E-state index contributed by atoms with van der Waals surface area (Å²) in [5.74, 6) is 1.19. The van der Waals surface area contributed by atoms with Crippen molar-refractivity contribution in [1.82, 2.24) is 10.2 Å². The smallest absolute Gasteiger partial charge is 0.243 e. The molecule has 1 aliphatic carbocycles. The summed E-state index contributed by atoms with van der Waals surface area (Å²) in [6, 6.07) is 21.8. The summed E-state index contributed by atoms with van der Waals surface area (Å²) in [6.07, 6.45) is 5.25. The van der Waals surface area contributed by atoms with Crippen LogP contribution in [0, 0.1) is 0 Å². The lowest BCUT2D eigenvalue weighted by atomic mass is 10.0. The Morgan fingerprint density at radius 3 is 2.35 bits per heavy atom. The van der Waals surface area contributed by atoms with E-state index < -0.39 is 6.04 Å². The largest absolute Gasteiger partial charge is 0.497 e. The second kappa shape index (κ2) is 15.0. The van der Waals surface area contributed by atoms with Gasteiger partial charge in [0.1, 0.15) is 17.5 Å². The van der Waals surface area contributed by atoms with E-state index in [0.717, 1.165) is 42.6 Å². The third kappa shape index (κ3) is 8.64. The number of hydrogen-bond acceptors (Lipinski definition) is 4. The Labute approximate surface area is 246 Å². The first-order chi connectivity index (χ1) is 19.4. The highest BCUT2D eigenvalue weighted by atomic mass is 35.5. The Morgan fingerprint density at radius 1 is 0.975 bits per heavy atom. The number of ether oxygens (including phenoxy) is 2. The van der Waals surface area contributed by atoms with Crippen molar-refractivity contribution < 1.29 is 19.1 Å². The minimum absolute atomic E-state index is 0.133. The van der Waals surface area contributed by atoms with Crippen LogP contribution in [0.5, 0.6) is 11.5 Å². The average Bonchev–Trinajstić information content (AvgIpc) is 3.48. The van der Waals surface area contributed by atoms with Crippen molar-refractivity contribution in [3.63, 3.8) is 0 Å². The van der Waals surface area contributed by atoms with Gasteiger partial charge in [-0.3, -0.25) is 9.59 Å². The van der Waals surface area contributed by atoms with Crippen molar-refractivity contribution in [3.8, 4) is 11.5 Å². The molecule has 0 bridgehead atoms. The van der Waals surface area contributed by atoms with Crippen LogP contribution in [-0.4, -0.2) is 42.5 Å². The molecule has 1 saturated carbocycles. The molecular formula is C32H36Cl2N2O4. The van der Waals surface area contributed by atoms with Gasteiger partial charge in [-0.05, 0) is 66.8 Å². The normalized spacial score (nSPS) is 14.0. The van der Waals surface area contributed by atoms with Crippen LogP contribution in [0.3, 0.4) is 0 Å². The molecule has 1 unspecified atom stereocenters. The molecule has 2 amide bonds. The Bertz CT molecular complexity index is 1250. The monoisotopic (exact) mass is 582 g/mol. The van der Waals surface area contributed by atoms with Crippen LogP contribution in [0.25, 0.3) is 0 Å². The van der Waals surface area contributed by atoms with Gasteiger partial charge in [0.15, 0.2) is 0 Å². The van der Waals surface area contributed by atoms with Gasteiger partial charge >= 0.3 is 0 Å². The van der Waals surface area contributed by atoms with Gasteiger partial charge in [0.05, 0.1) is 13.7 Å². The number of nitrogens with one attached hydrogen (secondary N) is 1. The Kier molecular flexibility index (Phi) is 11.1. The first-order valence-electron chi connectivity index (χ1n) is 13.8. The molecule has 0 spiro atoms. The number of carbonyl (C=O) groups excluding carboxylic acids is 2. The fourth-order valence-electron chi connectivity index (χ4n) is 4.98. The van der Waals surface area contributed by atoms with Crippen LogP contribution in [0.4, 0.5) is 0 Å². The van der Waals surface area contributed by atoms with Gasteiger partial charge in [0.25, 0.3) is 0 Å². The lowest BCUT2D eigenvalue weighted by molar-refractivity contribution is -0.141. The highest BCUT2D eigenvalue weighted by Crippen LogP contribution is 2.25. The summed E-state index contributed by atoms with van der Waals surface area (Å²) >= 11 is 12.7. The van der Waals surface area contributed by atoms with E-state index in [1.54, 1.807) is 24.1 Å². The van der Waals surface area contributed by atoms with Crippen molar-refractivity contribution in [2.75, 3.05) is 13.7 Å². The molecule has 0 heterocycles. The standard InChI is InChI=1S/C32H36Cl2N2O4/c1-39-27-15-17-28(18-16-27)40-19-7-12-31(37)36(22-24-13-14-25(33)21-29(24)34)30(20-23-8-3-2-4-9-23)32(38)35-26-10-5-6-11-26/h2-4,8-9,13-18,21,26,30H,5-7,10-12,19-20,22H2,1H3,(H,35,38). The minimum Gasteiger partial charge on any atom is -0.497 e. The SMILES string of the molecule is COc1ccc(OCCCC(=O)N(Cc2ccc(Cl)cc2Cl)C(Cc2ccccc2)C(=O)NC2CCCC2)cc1. The molecule has 1 aliphatic rings. The predicted molar refractivity (Wildman–Crippen MR) is 159 cm³/mol. The van der Waals surface area contributed by atoms with E-state index in [1.807, 2.05) is 60.7 Å². The zero-order valence-corrected chi connectivity index (χ0v) is 24.3. The molecule has 1 N–H and O–H groups in total. The van der Waals surface area contributed by atoms with E-state index in [9.17, 15) is 9.59 Å². The van der Waals surface area contributed by atoms with Crippen molar-refractivity contribution in [2.24, 2.45) is 0 Å². The molecule has 6 nitrogen and oxygen atoms in total. The zero-order valence-electron chi connectivity index (χ0n) is 22.8. The minimum atomic E-state index is -0.690. The summed E-state index contributed by atoms with van der Waals surface area (Å²) in [7, 11) is 1.61.